The summed E-state index contributed by atoms with van der Waals surface area (Å²) in [6, 6.07) is 4.49. The lowest BCUT2D eigenvalue weighted by Crippen LogP contribution is -2.62. The molecule has 0 saturated carbocycles. The summed E-state index contributed by atoms with van der Waals surface area (Å²) < 4.78 is 5.79. The summed E-state index contributed by atoms with van der Waals surface area (Å²) in [6.45, 7) is 15.0. The average molecular weight is 327 g/mol. The summed E-state index contributed by atoms with van der Waals surface area (Å²) in [5, 5.41) is 3.29. The Bertz CT molecular complexity index is 502. The van der Waals surface area contributed by atoms with E-state index in [0.29, 0.717) is 0 Å². The van der Waals surface area contributed by atoms with Gasteiger partial charge in [-0.3, -0.25) is 0 Å². The van der Waals surface area contributed by atoms with Gasteiger partial charge < -0.3 is 15.8 Å². The maximum atomic E-state index is 6.54. The van der Waals surface area contributed by atoms with Crippen molar-refractivity contribution in [2.45, 2.75) is 57.9 Å². The molecule has 0 radical (unpaired) electrons. The standard InChI is InChI=1S/C18H30N2O.ClH/c1-16(2,3)13-8-12(18(19)10-20-11-18)9-14(15(13)21-7)17(4,5)6;/h8-9,20H,10-11,19H2,1-7H3;1H. The van der Waals surface area contributed by atoms with Gasteiger partial charge in [-0.15, -0.1) is 12.4 Å². The molecule has 2 rings (SSSR count). The second kappa shape index (κ2) is 6.03. The van der Waals surface area contributed by atoms with Crippen molar-refractivity contribution in [3.63, 3.8) is 0 Å². The molecule has 0 unspecified atom stereocenters. The molecule has 0 aliphatic carbocycles. The predicted molar refractivity (Wildman–Crippen MR) is 96.4 cm³/mol. The van der Waals surface area contributed by atoms with E-state index >= 15 is 0 Å². The third-order valence-electron chi connectivity index (χ3n) is 4.36. The Morgan fingerprint density at radius 2 is 1.41 bits per heavy atom. The number of halogens is 1. The van der Waals surface area contributed by atoms with Crippen LogP contribution in [0.2, 0.25) is 0 Å². The topological polar surface area (TPSA) is 47.3 Å². The van der Waals surface area contributed by atoms with Crippen molar-refractivity contribution in [1.82, 2.24) is 5.32 Å². The van der Waals surface area contributed by atoms with Gasteiger partial charge in [0.15, 0.2) is 0 Å². The fourth-order valence-corrected chi connectivity index (χ4v) is 2.85. The minimum Gasteiger partial charge on any atom is -0.496 e. The number of hydrogen-bond acceptors (Lipinski definition) is 3. The first-order valence-electron chi connectivity index (χ1n) is 7.72. The minimum absolute atomic E-state index is 0. The second-order valence-corrected chi connectivity index (χ2v) is 8.36. The van der Waals surface area contributed by atoms with Crippen LogP contribution in [0.25, 0.3) is 0 Å². The largest absolute Gasteiger partial charge is 0.496 e. The third kappa shape index (κ3) is 3.42. The monoisotopic (exact) mass is 326 g/mol. The molecule has 1 aromatic carbocycles. The molecule has 1 fully saturated rings. The molecule has 1 aliphatic rings. The Balaban J connectivity index is 0.00000242. The smallest absolute Gasteiger partial charge is 0.126 e. The highest BCUT2D eigenvalue weighted by atomic mass is 35.5. The van der Waals surface area contributed by atoms with Crippen LogP contribution in [0.15, 0.2) is 12.1 Å². The Kier molecular flexibility index (Phi) is 5.28. The van der Waals surface area contributed by atoms with Gasteiger partial charge in [-0.25, -0.2) is 0 Å². The van der Waals surface area contributed by atoms with Gasteiger partial charge in [0.1, 0.15) is 5.75 Å². The number of hydrogen-bond donors (Lipinski definition) is 2. The maximum Gasteiger partial charge on any atom is 0.126 e. The lowest BCUT2D eigenvalue weighted by Gasteiger charge is -2.41. The fraction of sp³-hybridized carbons (Fsp3) is 0.667. The Morgan fingerprint density at radius 3 is 1.64 bits per heavy atom. The van der Waals surface area contributed by atoms with Crippen molar-refractivity contribution in [2.75, 3.05) is 20.2 Å². The summed E-state index contributed by atoms with van der Waals surface area (Å²) in [6.07, 6.45) is 0. The molecular formula is C18H31ClN2O. The van der Waals surface area contributed by atoms with Crippen LogP contribution in [0.5, 0.6) is 5.75 Å². The number of methoxy groups -OCH3 is 1. The first kappa shape index (κ1) is 19.3. The van der Waals surface area contributed by atoms with E-state index in [1.165, 1.54) is 16.7 Å². The molecule has 0 aromatic heterocycles. The summed E-state index contributed by atoms with van der Waals surface area (Å²) in [7, 11) is 1.77. The molecule has 1 saturated heterocycles. The maximum absolute atomic E-state index is 6.54. The van der Waals surface area contributed by atoms with Gasteiger partial charge in [0.2, 0.25) is 0 Å². The van der Waals surface area contributed by atoms with Gasteiger partial charge in [0, 0.05) is 24.2 Å². The van der Waals surface area contributed by atoms with E-state index in [2.05, 4.69) is 59.0 Å². The molecule has 0 amide bonds. The second-order valence-electron chi connectivity index (χ2n) is 8.36. The van der Waals surface area contributed by atoms with Gasteiger partial charge in [-0.05, 0) is 28.5 Å². The molecule has 3 nitrogen and oxygen atoms in total. The summed E-state index contributed by atoms with van der Waals surface area (Å²) in [5.74, 6) is 1.01. The molecule has 0 spiro atoms. The van der Waals surface area contributed by atoms with Crippen LogP contribution in [0.3, 0.4) is 0 Å². The molecule has 1 heterocycles. The zero-order valence-electron chi connectivity index (χ0n) is 15.0. The average Bonchev–Trinajstić information content (AvgIpc) is 2.32. The Hall–Kier alpha value is -0.770. The van der Waals surface area contributed by atoms with Crippen LogP contribution in [0.4, 0.5) is 0 Å². The number of benzene rings is 1. The molecule has 3 N–H and O–H groups in total. The molecule has 4 heteroatoms. The molecular weight excluding hydrogens is 296 g/mol. The molecule has 0 bridgehead atoms. The zero-order chi connectivity index (χ0) is 16.1. The third-order valence-corrected chi connectivity index (χ3v) is 4.36. The fourth-order valence-electron chi connectivity index (χ4n) is 2.85. The number of nitrogens with two attached hydrogens (primary N) is 1. The van der Waals surface area contributed by atoms with Crippen molar-refractivity contribution in [1.29, 1.82) is 0 Å². The van der Waals surface area contributed by atoms with Gasteiger partial charge >= 0.3 is 0 Å². The van der Waals surface area contributed by atoms with E-state index in [0.717, 1.165) is 18.8 Å². The van der Waals surface area contributed by atoms with Crippen LogP contribution >= 0.6 is 12.4 Å². The van der Waals surface area contributed by atoms with Crippen LogP contribution < -0.4 is 15.8 Å². The van der Waals surface area contributed by atoms with Crippen LogP contribution in [-0.2, 0) is 16.4 Å². The van der Waals surface area contributed by atoms with E-state index in [4.69, 9.17) is 10.5 Å². The first-order valence-corrected chi connectivity index (χ1v) is 7.72. The Labute approximate surface area is 141 Å². The van der Waals surface area contributed by atoms with Gasteiger partial charge in [0.05, 0.1) is 12.6 Å². The lowest BCUT2D eigenvalue weighted by atomic mass is 9.74. The molecule has 1 aliphatic heterocycles. The van der Waals surface area contributed by atoms with Gasteiger partial charge in [-0.2, -0.15) is 0 Å². The van der Waals surface area contributed by atoms with Crippen molar-refractivity contribution in [3.05, 3.63) is 28.8 Å². The van der Waals surface area contributed by atoms with E-state index in [1.54, 1.807) is 7.11 Å². The van der Waals surface area contributed by atoms with Crippen LogP contribution in [0.1, 0.15) is 58.2 Å². The molecule has 0 atom stereocenters. The highest BCUT2D eigenvalue weighted by molar-refractivity contribution is 5.85. The highest BCUT2D eigenvalue weighted by Gasteiger charge is 2.37. The number of nitrogens with one attached hydrogen (secondary N) is 1. The van der Waals surface area contributed by atoms with Crippen molar-refractivity contribution < 1.29 is 4.74 Å². The van der Waals surface area contributed by atoms with Crippen molar-refractivity contribution in [2.24, 2.45) is 5.73 Å². The first-order chi connectivity index (χ1) is 9.49. The van der Waals surface area contributed by atoms with Crippen LogP contribution in [0, 0.1) is 0 Å². The Morgan fingerprint density at radius 1 is 1.00 bits per heavy atom. The van der Waals surface area contributed by atoms with Gasteiger partial charge in [0.25, 0.3) is 0 Å². The van der Waals surface area contributed by atoms with E-state index in [1.807, 2.05) is 0 Å². The summed E-state index contributed by atoms with van der Waals surface area (Å²) in [4.78, 5) is 0. The zero-order valence-corrected chi connectivity index (χ0v) is 15.8. The molecule has 126 valence electrons. The summed E-state index contributed by atoms with van der Waals surface area (Å²) >= 11 is 0. The number of rotatable bonds is 2. The van der Waals surface area contributed by atoms with Gasteiger partial charge in [-0.1, -0.05) is 41.5 Å². The summed E-state index contributed by atoms with van der Waals surface area (Å²) in [5.41, 5.74) is 10.0. The lowest BCUT2D eigenvalue weighted by molar-refractivity contribution is 0.285. The normalized spacial score (nSPS) is 17.5. The minimum atomic E-state index is -0.244. The highest BCUT2D eigenvalue weighted by Crippen LogP contribution is 2.42. The van der Waals surface area contributed by atoms with Crippen molar-refractivity contribution >= 4 is 12.4 Å². The molecule has 1 aromatic rings. The SMILES string of the molecule is COc1c(C(C)(C)C)cc(C2(N)CNC2)cc1C(C)(C)C.Cl. The van der Waals surface area contributed by atoms with E-state index in [-0.39, 0.29) is 28.8 Å². The van der Waals surface area contributed by atoms with E-state index < -0.39 is 0 Å². The quantitative estimate of drug-likeness (QED) is 0.874. The van der Waals surface area contributed by atoms with Crippen molar-refractivity contribution in [3.8, 4) is 5.75 Å². The number of ether oxygens (including phenoxy) is 1. The molecule has 22 heavy (non-hydrogen) atoms. The van der Waals surface area contributed by atoms with Crippen LogP contribution in [-0.4, -0.2) is 20.2 Å². The predicted octanol–water partition coefficient (Wildman–Crippen LogP) is 3.47. The van der Waals surface area contributed by atoms with E-state index in [9.17, 15) is 0 Å².